The number of aromatic nitrogens is 4. The smallest absolute Gasteiger partial charge is 0.327 e. The van der Waals surface area contributed by atoms with E-state index in [4.69, 9.17) is 15.6 Å². The van der Waals surface area contributed by atoms with E-state index in [2.05, 4.69) is 15.0 Å². The zero-order chi connectivity index (χ0) is 16.0. The molecule has 120 valence electrons. The Labute approximate surface area is 122 Å². The number of H-pyrrole nitrogens is 2. The van der Waals surface area contributed by atoms with E-state index in [1.165, 1.54) is 0 Å². The molecule has 11 nitrogen and oxygen atoms in total. The third-order valence-electron chi connectivity index (χ3n) is 3.66. The first-order valence-electron chi connectivity index (χ1n) is 6.53. The number of hydrogen-bond donors (Lipinski definition) is 6. The predicted octanol–water partition coefficient (Wildman–Crippen LogP) is -3.52. The summed E-state index contributed by atoms with van der Waals surface area (Å²) in [5.41, 5.74) is 4.20. The molecule has 3 rings (SSSR count). The molecule has 4 atom stereocenters. The Morgan fingerprint density at radius 3 is 2.55 bits per heavy atom. The van der Waals surface area contributed by atoms with Gasteiger partial charge >= 0.3 is 5.69 Å². The van der Waals surface area contributed by atoms with Crippen LogP contribution in [0.15, 0.2) is 9.59 Å². The maximum absolute atomic E-state index is 12.0. The molecule has 3 heterocycles. The molecule has 0 spiro atoms. The summed E-state index contributed by atoms with van der Waals surface area (Å²) >= 11 is 0. The Bertz CT molecular complexity index is 809. The zero-order valence-electron chi connectivity index (χ0n) is 11.3. The highest BCUT2D eigenvalue weighted by Gasteiger charge is 2.42. The number of fused-ring (bicyclic) bond motifs is 1. The van der Waals surface area contributed by atoms with Gasteiger partial charge in [-0.05, 0) is 0 Å². The van der Waals surface area contributed by atoms with Gasteiger partial charge in [-0.25, -0.2) is 4.79 Å². The molecule has 1 saturated heterocycles. The van der Waals surface area contributed by atoms with E-state index in [1.807, 2.05) is 0 Å². The van der Waals surface area contributed by atoms with Crippen LogP contribution in [0.4, 0.5) is 5.95 Å². The van der Waals surface area contributed by atoms with Gasteiger partial charge in [-0.2, -0.15) is 4.98 Å². The number of aliphatic hydroxyl groups excluding tert-OH is 3. The number of nitrogens with zero attached hydrogens (tertiary/aromatic N) is 2. The van der Waals surface area contributed by atoms with E-state index in [9.17, 15) is 19.8 Å². The van der Waals surface area contributed by atoms with Crippen LogP contribution in [0.2, 0.25) is 0 Å². The molecule has 0 radical (unpaired) electrons. The van der Waals surface area contributed by atoms with Crippen molar-refractivity contribution in [3.63, 3.8) is 0 Å². The lowest BCUT2D eigenvalue weighted by Crippen LogP contribution is -2.36. The molecule has 0 aliphatic carbocycles. The molecule has 0 aromatic carbocycles. The Balaban J connectivity index is 2.00. The maximum Gasteiger partial charge on any atom is 0.327 e. The third-order valence-corrected chi connectivity index (χ3v) is 3.66. The van der Waals surface area contributed by atoms with Gasteiger partial charge in [0.2, 0.25) is 5.95 Å². The molecule has 0 amide bonds. The van der Waals surface area contributed by atoms with Crippen LogP contribution in [0.3, 0.4) is 0 Å². The standard InChI is InChI=1S/C11H15N5O6/c12-10-14-8-5(9(20)15-10)13-11(21)16(8)1-3-6(18)7(19)4(2-17)22-3/h3-4,6-7,17-19H,1-2H2,(H,13,21)(H3,12,14,15,20)/t3-,4+,6?,7?/m1/s1. The van der Waals surface area contributed by atoms with Gasteiger partial charge in [0.1, 0.15) is 24.4 Å². The van der Waals surface area contributed by atoms with Gasteiger partial charge in [0.15, 0.2) is 11.2 Å². The average molecular weight is 313 g/mol. The molecule has 2 unspecified atom stereocenters. The largest absolute Gasteiger partial charge is 0.394 e. The molecular formula is C11H15N5O6. The second-order valence-corrected chi connectivity index (χ2v) is 5.07. The van der Waals surface area contributed by atoms with E-state index in [1.54, 1.807) is 0 Å². The van der Waals surface area contributed by atoms with Gasteiger partial charge in [-0.3, -0.25) is 19.3 Å². The maximum atomic E-state index is 12.0. The molecule has 2 aromatic rings. The Morgan fingerprint density at radius 2 is 1.91 bits per heavy atom. The molecule has 22 heavy (non-hydrogen) atoms. The SMILES string of the molecule is Nc1nc2c([nH]c(=O)n2C[C@H]2O[C@@H](CO)C(O)C2O)c(=O)[nH]1. The van der Waals surface area contributed by atoms with Crippen LogP contribution in [-0.2, 0) is 11.3 Å². The number of nitrogens with two attached hydrogens (primary N) is 1. The lowest BCUT2D eigenvalue weighted by Gasteiger charge is -2.14. The minimum Gasteiger partial charge on any atom is -0.394 e. The monoisotopic (exact) mass is 313 g/mol. The van der Waals surface area contributed by atoms with Gasteiger partial charge in [0.25, 0.3) is 5.56 Å². The van der Waals surface area contributed by atoms with Crippen LogP contribution >= 0.6 is 0 Å². The van der Waals surface area contributed by atoms with Crippen molar-refractivity contribution in [2.45, 2.75) is 31.0 Å². The molecule has 7 N–H and O–H groups in total. The number of rotatable bonds is 3. The van der Waals surface area contributed by atoms with Crippen molar-refractivity contribution in [3.8, 4) is 0 Å². The Kier molecular flexibility index (Phi) is 3.48. The van der Waals surface area contributed by atoms with Crippen molar-refractivity contribution in [2.24, 2.45) is 0 Å². The summed E-state index contributed by atoms with van der Waals surface area (Å²) in [6.45, 7) is -0.633. The quantitative estimate of drug-likeness (QED) is 0.337. The number of hydrogen-bond acceptors (Lipinski definition) is 8. The number of nitrogen functional groups attached to an aromatic ring is 1. The van der Waals surface area contributed by atoms with E-state index < -0.39 is 42.3 Å². The first-order valence-corrected chi connectivity index (χ1v) is 6.53. The van der Waals surface area contributed by atoms with Crippen molar-refractivity contribution < 1.29 is 20.1 Å². The fraction of sp³-hybridized carbons (Fsp3) is 0.545. The van der Waals surface area contributed by atoms with Gasteiger partial charge in [-0.1, -0.05) is 0 Å². The number of aromatic amines is 2. The summed E-state index contributed by atoms with van der Waals surface area (Å²) in [6.07, 6.45) is -4.43. The van der Waals surface area contributed by atoms with Gasteiger partial charge in [-0.15, -0.1) is 0 Å². The van der Waals surface area contributed by atoms with Gasteiger partial charge in [0.05, 0.1) is 13.2 Å². The molecule has 0 bridgehead atoms. The minimum atomic E-state index is -1.28. The fourth-order valence-corrected chi connectivity index (χ4v) is 2.53. The molecule has 1 fully saturated rings. The summed E-state index contributed by atoms with van der Waals surface area (Å²) in [7, 11) is 0. The van der Waals surface area contributed by atoms with E-state index in [0.717, 1.165) is 4.57 Å². The number of imidazole rings is 1. The highest BCUT2D eigenvalue weighted by molar-refractivity contribution is 5.70. The summed E-state index contributed by atoms with van der Waals surface area (Å²) in [5, 5.41) is 28.7. The zero-order valence-corrected chi connectivity index (χ0v) is 11.3. The Hall–Kier alpha value is -2.21. The Morgan fingerprint density at radius 1 is 1.23 bits per heavy atom. The highest BCUT2D eigenvalue weighted by Crippen LogP contribution is 2.22. The van der Waals surface area contributed by atoms with E-state index in [-0.39, 0.29) is 23.7 Å². The highest BCUT2D eigenvalue weighted by atomic mass is 16.6. The lowest BCUT2D eigenvalue weighted by atomic mass is 10.1. The topological polar surface area (TPSA) is 179 Å². The molecule has 2 aromatic heterocycles. The number of nitrogens with one attached hydrogen (secondary N) is 2. The minimum absolute atomic E-state index is 0.0176. The molecule has 11 heteroatoms. The second kappa shape index (κ2) is 5.21. The van der Waals surface area contributed by atoms with Crippen molar-refractivity contribution in [1.82, 2.24) is 19.5 Å². The van der Waals surface area contributed by atoms with Crippen LogP contribution in [0.1, 0.15) is 0 Å². The normalized spacial score (nSPS) is 28.5. The number of ether oxygens (including phenoxy) is 1. The molecular weight excluding hydrogens is 298 g/mol. The lowest BCUT2D eigenvalue weighted by molar-refractivity contribution is -0.0264. The predicted molar refractivity (Wildman–Crippen MR) is 73.1 cm³/mol. The summed E-state index contributed by atoms with van der Waals surface area (Å²) in [5.74, 6) is -0.161. The molecule has 1 aliphatic heterocycles. The fourth-order valence-electron chi connectivity index (χ4n) is 2.53. The van der Waals surface area contributed by atoms with Crippen LogP contribution in [0.25, 0.3) is 11.2 Å². The second-order valence-electron chi connectivity index (χ2n) is 5.07. The summed E-state index contributed by atoms with van der Waals surface area (Å²) in [4.78, 5) is 32.1. The molecule has 1 aliphatic rings. The van der Waals surface area contributed by atoms with Crippen molar-refractivity contribution in [2.75, 3.05) is 12.3 Å². The van der Waals surface area contributed by atoms with Crippen molar-refractivity contribution in [1.29, 1.82) is 0 Å². The van der Waals surface area contributed by atoms with Crippen LogP contribution in [0, 0.1) is 0 Å². The summed E-state index contributed by atoms with van der Waals surface area (Å²) in [6, 6.07) is 0. The number of aliphatic hydroxyl groups is 3. The van der Waals surface area contributed by atoms with Crippen LogP contribution in [0.5, 0.6) is 0 Å². The van der Waals surface area contributed by atoms with E-state index >= 15 is 0 Å². The number of anilines is 1. The molecule has 0 saturated carbocycles. The summed E-state index contributed by atoms with van der Waals surface area (Å²) < 4.78 is 6.39. The van der Waals surface area contributed by atoms with Crippen LogP contribution < -0.4 is 17.0 Å². The first-order chi connectivity index (χ1) is 10.4. The van der Waals surface area contributed by atoms with Crippen molar-refractivity contribution >= 4 is 17.1 Å². The van der Waals surface area contributed by atoms with Crippen LogP contribution in [-0.4, -0.2) is 65.9 Å². The third kappa shape index (κ3) is 2.20. The first kappa shape index (κ1) is 14.7. The van der Waals surface area contributed by atoms with E-state index in [0.29, 0.717) is 0 Å². The average Bonchev–Trinajstić information content (AvgIpc) is 2.92. The van der Waals surface area contributed by atoms with Gasteiger partial charge in [0, 0.05) is 0 Å². The van der Waals surface area contributed by atoms with Gasteiger partial charge < -0.3 is 25.8 Å². The van der Waals surface area contributed by atoms with Crippen molar-refractivity contribution in [3.05, 3.63) is 20.8 Å².